The van der Waals surface area contributed by atoms with Gasteiger partial charge in [0, 0.05) is 144 Å². The van der Waals surface area contributed by atoms with Crippen molar-refractivity contribution in [3.05, 3.63) is 470 Å². The summed E-state index contributed by atoms with van der Waals surface area (Å²) in [7, 11) is 0. The van der Waals surface area contributed by atoms with E-state index in [2.05, 4.69) is 515 Å². The van der Waals surface area contributed by atoms with Crippen LogP contribution < -0.4 is 29.1 Å². The number of para-hydroxylation sites is 6. The molecule has 0 radical (unpaired) electrons. The van der Waals surface area contributed by atoms with Crippen molar-refractivity contribution in [2.45, 2.75) is 129 Å². The van der Waals surface area contributed by atoms with Crippen LogP contribution in [0.5, 0.6) is 23.0 Å². The first-order chi connectivity index (χ1) is 63.7. The Bertz CT molecular complexity index is 7500. The molecule has 19 aromatic rings. The Labute approximate surface area is 817 Å². The van der Waals surface area contributed by atoms with Gasteiger partial charge in [-0.05, 0) is 162 Å². The summed E-state index contributed by atoms with van der Waals surface area (Å²) in [6.07, 6.45) is 3.84. The Balaban J connectivity index is 0.000000177. The predicted molar refractivity (Wildman–Crippen MR) is 546 cm³/mol. The molecule has 2 aliphatic heterocycles. The van der Waals surface area contributed by atoms with E-state index in [1.54, 1.807) is 0 Å². The molecule has 6 heterocycles. The van der Waals surface area contributed by atoms with Crippen LogP contribution in [0.2, 0.25) is 0 Å². The standard InChI is InChI=1S/C64H55N4O.C58H51N4O.2Pt/c1-62(2,3)49-37-52(67-43-66(58-29-19-20-30-59(58)67)51-36-45(44-21-11-8-12-22-44)35-50(38-51)64(6,7)47-25-15-10-16-26-47)41-54(39-49)69-53-31-32-56-55-27-17-18-28-57(55)68(60(56)42-53)61-40-48(33-34-65-61)63(4,5)46-23-13-9-14-24-46;1-56(2,3)44-34-46(61-39-60(52-24-16-17-25-53(52)61)45-28-26-42(27-29-45)57(4,5)40-18-10-8-11-19-40)37-48(35-44)63-47-30-31-50-49-22-14-15-23-51(49)62(54(50)38-47)55-36-43(32-33-59-55)58(6,7)41-20-12-9-13-21-41;;/h8-40,43H,1-7H3;8-36,39H,1-7H3;;/q2*-3;;. The van der Waals surface area contributed by atoms with E-state index in [0.29, 0.717) is 23.0 Å². The second-order valence-electron chi connectivity index (χ2n) is 39.0. The molecule has 12 heteroatoms. The molecule has 10 nitrogen and oxygen atoms in total. The average molecular weight is 2110 g/mol. The first-order valence-electron chi connectivity index (χ1n) is 45.6. The van der Waals surface area contributed by atoms with Crippen LogP contribution in [0, 0.1) is 37.6 Å². The zero-order chi connectivity index (χ0) is 91.0. The van der Waals surface area contributed by atoms with E-state index in [0.717, 1.165) is 112 Å². The molecular formula is C122H106N8O2Pt2-6. The molecule has 0 N–H and O–H groups in total. The molecule has 0 spiro atoms. The Hall–Kier alpha value is -13.6. The normalized spacial score (nSPS) is 12.9. The maximum atomic E-state index is 6.91. The van der Waals surface area contributed by atoms with Crippen LogP contribution in [-0.2, 0) is 74.6 Å². The van der Waals surface area contributed by atoms with E-state index >= 15 is 0 Å². The van der Waals surface area contributed by atoms with Gasteiger partial charge in [-0.2, -0.15) is 12.1 Å². The number of aromatic nitrogens is 4. The fourth-order valence-corrected chi connectivity index (χ4v) is 18.8. The Morgan fingerprint density at radius 2 is 0.590 bits per heavy atom. The SMILES string of the molecule is CC(C)(C)c1cc(Oc2[c-]c3c(cc2)c2ccccc2n3-c2cc(C(C)(C)c3ccccc3)ccn2)[c-]c(N2[CH-]N(c3cc(-c4ccccc4)cc(C(C)(C)c4ccccc4)c3)c3ccccc32)c1.CC(C)(C)c1cc(Oc2[c-]c3c(cc2)c2ccccc2n3-c2cc(C(C)(C)c3ccccc3)ccn2)[c-]c(N2[CH-]N(c3ccc(C(C)(C)c4ccccc4)cc3)c3ccccc32)c1.[Pt].[Pt]. The third-order valence-corrected chi connectivity index (χ3v) is 27.0. The van der Waals surface area contributed by atoms with E-state index in [-0.39, 0.29) is 74.6 Å². The molecule has 0 saturated carbocycles. The summed E-state index contributed by atoms with van der Waals surface area (Å²) >= 11 is 0. The van der Waals surface area contributed by atoms with Crippen molar-refractivity contribution < 1.29 is 51.6 Å². The van der Waals surface area contributed by atoms with Gasteiger partial charge in [0.15, 0.2) is 0 Å². The molecule has 134 heavy (non-hydrogen) atoms. The van der Waals surface area contributed by atoms with Crippen LogP contribution in [0.25, 0.3) is 66.4 Å². The van der Waals surface area contributed by atoms with Crippen LogP contribution in [0.15, 0.2) is 376 Å². The van der Waals surface area contributed by atoms with Crippen molar-refractivity contribution >= 4 is 89.1 Å². The van der Waals surface area contributed by atoms with E-state index < -0.39 is 0 Å². The van der Waals surface area contributed by atoms with E-state index in [4.69, 9.17) is 19.4 Å². The number of nitrogens with zero attached hydrogens (tertiary/aromatic N) is 8. The van der Waals surface area contributed by atoms with Crippen LogP contribution >= 0.6 is 0 Å². The van der Waals surface area contributed by atoms with Crippen LogP contribution in [-0.4, -0.2) is 19.1 Å². The summed E-state index contributed by atoms with van der Waals surface area (Å²) in [6.45, 7) is 36.1. The number of pyridine rings is 2. The van der Waals surface area contributed by atoms with Crippen molar-refractivity contribution in [1.29, 1.82) is 0 Å². The third kappa shape index (κ3) is 17.4. The van der Waals surface area contributed by atoms with Gasteiger partial charge in [-0.25, -0.2) is 9.97 Å². The number of ether oxygens (including phenoxy) is 2. The van der Waals surface area contributed by atoms with E-state index in [1.807, 2.05) is 24.5 Å². The minimum absolute atomic E-state index is 0. The molecule has 15 aromatic carbocycles. The van der Waals surface area contributed by atoms with Crippen molar-refractivity contribution in [3.8, 4) is 45.8 Å². The molecule has 2 aliphatic rings. The summed E-state index contributed by atoms with van der Waals surface area (Å²) in [4.78, 5) is 19.0. The maximum Gasteiger partial charge on any atom is 0.135 e. The fraction of sp³-hybridized carbons (Fsp3) is 0.164. The van der Waals surface area contributed by atoms with Gasteiger partial charge in [0.05, 0.1) is 0 Å². The van der Waals surface area contributed by atoms with Gasteiger partial charge in [0.1, 0.15) is 11.6 Å². The molecule has 672 valence electrons. The monoisotopic (exact) mass is 2100 g/mol. The largest absolute Gasteiger partial charge is 0.509 e. The van der Waals surface area contributed by atoms with Crippen molar-refractivity contribution in [2.75, 3.05) is 19.6 Å². The van der Waals surface area contributed by atoms with Gasteiger partial charge in [-0.15, -0.1) is 107 Å². The minimum Gasteiger partial charge on any atom is -0.509 e. The van der Waals surface area contributed by atoms with Gasteiger partial charge < -0.3 is 38.2 Å². The van der Waals surface area contributed by atoms with Crippen LogP contribution in [0.1, 0.15) is 153 Å². The molecule has 0 bridgehead atoms. The molecule has 0 fully saturated rings. The molecule has 0 unspecified atom stereocenters. The number of fused-ring (bicyclic) bond motifs is 8. The third-order valence-electron chi connectivity index (χ3n) is 27.0. The number of hydrogen-bond donors (Lipinski definition) is 0. The minimum atomic E-state index is -0.255. The van der Waals surface area contributed by atoms with Gasteiger partial charge in [-0.1, -0.05) is 338 Å². The Morgan fingerprint density at radius 1 is 0.246 bits per heavy atom. The van der Waals surface area contributed by atoms with Crippen molar-refractivity contribution in [1.82, 2.24) is 19.1 Å². The second-order valence-corrected chi connectivity index (χ2v) is 39.0. The molecule has 21 rings (SSSR count). The van der Waals surface area contributed by atoms with Gasteiger partial charge in [-0.3, -0.25) is 0 Å². The maximum absolute atomic E-state index is 6.91. The number of anilines is 8. The first kappa shape index (κ1) is 90.9. The van der Waals surface area contributed by atoms with Crippen LogP contribution in [0.3, 0.4) is 0 Å². The predicted octanol–water partition coefficient (Wildman–Crippen LogP) is 31.5. The first-order valence-corrected chi connectivity index (χ1v) is 45.6. The average Bonchev–Trinajstić information content (AvgIpc) is 1.59. The summed E-state index contributed by atoms with van der Waals surface area (Å²) in [5.41, 5.74) is 25.5. The molecule has 0 amide bonds. The molecule has 0 atom stereocenters. The quantitative estimate of drug-likeness (QED) is 0.0742. The molecule has 0 saturated heterocycles. The zero-order valence-corrected chi connectivity index (χ0v) is 82.5. The van der Waals surface area contributed by atoms with E-state index in [9.17, 15) is 0 Å². The summed E-state index contributed by atoms with van der Waals surface area (Å²) in [6, 6.07) is 144. The zero-order valence-electron chi connectivity index (χ0n) is 78.0. The molecular weight excluding hydrogens is 2000 g/mol. The Morgan fingerprint density at radius 3 is 0.993 bits per heavy atom. The van der Waals surface area contributed by atoms with Crippen LogP contribution in [0.4, 0.5) is 45.5 Å². The number of benzene rings is 15. The van der Waals surface area contributed by atoms with Crippen molar-refractivity contribution in [2.24, 2.45) is 0 Å². The van der Waals surface area contributed by atoms with Crippen molar-refractivity contribution in [3.63, 3.8) is 0 Å². The van der Waals surface area contributed by atoms with E-state index in [1.165, 1.54) is 55.6 Å². The Kier molecular flexibility index (Phi) is 24.7. The van der Waals surface area contributed by atoms with Gasteiger partial charge in [0.25, 0.3) is 0 Å². The second kappa shape index (κ2) is 36.4. The van der Waals surface area contributed by atoms with Gasteiger partial charge in [0.2, 0.25) is 0 Å². The van der Waals surface area contributed by atoms with Gasteiger partial charge >= 0.3 is 0 Å². The smallest absolute Gasteiger partial charge is 0.135 e. The summed E-state index contributed by atoms with van der Waals surface area (Å²) in [5, 5.41) is 4.43. The fourth-order valence-electron chi connectivity index (χ4n) is 18.8. The number of hydrogen-bond acceptors (Lipinski definition) is 8. The topological polar surface area (TPSA) is 67.1 Å². The molecule has 4 aromatic heterocycles. The summed E-state index contributed by atoms with van der Waals surface area (Å²) in [5.74, 6) is 4.10. The summed E-state index contributed by atoms with van der Waals surface area (Å²) < 4.78 is 18.2. The number of rotatable bonds is 19. The molecule has 0 aliphatic carbocycles.